The van der Waals surface area contributed by atoms with Crippen LogP contribution in [0.2, 0.25) is 10.0 Å². The predicted octanol–water partition coefficient (Wildman–Crippen LogP) is 3.07. The first-order valence-corrected chi connectivity index (χ1v) is 10.0. The van der Waals surface area contributed by atoms with Gasteiger partial charge in [-0.1, -0.05) is 23.2 Å². The van der Waals surface area contributed by atoms with Gasteiger partial charge in [0.25, 0.3) is 0 Å². The molecular formula is C15H23Cl3N2O3S. The van der Waals surface area contributed by atoms with E-state index in [1.165, 1.54) is 4.31 Å². The van der Waals surface area contributed by atoms with Crippen molar-refractivity contribution in [3.8, 4) is 0 Å². The van der Waals surface area contributed by atoms with Crippen molar-refractivity contribution in [2.24, 2.45) is 5.73 Å². The van der Waals surface area contributed by atoms with Crippen molar-refractivity contribution in [3.63, 3.8) is 0 Å². The zero-order chi connectivity index (χ0) is 16.9. The zero-order valence-electron chi connectivity index (χ0n) is 13.3. The lowest BCUT2D eigenvalue weighted by molar-refractivity contribution is 0.0208. The van der Waals surface area contributed by atoms with E-state index in [-0.39, 0.29) is 24.3 Å². The lowest BCUT2D eigenvalue weighted by Gasteiger charge is -2.31. The van der Waals surface area contributed by atoms with E-state index in [0.29, 0.717) is 54.7 Å². The minimum atomic E-state index is -3.38. The van der Waals surface area contributed by atoms with Crippen LogP contribution in [0.25, 0.3) is 0 Å². The first-order valence-electron chi connectivity index (χ1n) is 7.65. The van der Waals surface area contributed by atoms with E-state index in [9.17, 15) is 8.42 Å². The molecule has 2 rings (SSSR count). The Kier molecular flexibility index (Phi) is 9.30. The van der Waals surface area contributed by atoms with Crippen LogP contribution in [0.4, 0.5) is 0 Å². The monoisotopic (exact) mass is 416 g/mol. The maximum atomic E-state index is 12.5. The molecule has 0 spiro atoms. The molecule has 1 heterocycles. The van der Waals surface area contributed by atoms with Gasteiger partial charge in [0.05, 0.1) is 11.9 Å². The van der Waals surface area contributed by atoms with Gasteiger partial charge >= 0.3 is 0 Å². The molecule has 0 aromatic heterocycles. The molecule has 1 aromatic carbocycles. The number of nitrogens with two attached hydrogens (primary N) is 1. The summed E-state index contributed by atoms with van der Waals surface area (Å²) in [6.07, 6.45) is 2.36. The highest BCUT2D eigenvalue weighted by Gasteiger charge is 2.28. The van der Waals surface area contributed by atoms with Gasteiger partial charge in [-0.3, -0.25) is 0 Å². The van der Waals surface area contributed by atoms with Crippen molar-refractivity contribution >= 4 is 45.6 Å². The average molecular weight is 418 g/mol. The second-order valence-electron chi connectivity index (χ2n) is 5.65. The molecule has 2 N–H and O–H groups in total. The molecule has 24 heavy (non-hydrogen) atoms. The molecule has 0 radical (unpaired) electrons. The highest BCUT2D eigenvalue weighted by Crippen LogP contribution is 2.23. The summed E-state index contributed by atoms with van der Waals surface area (Å²) in [5.74, 6) is -0.0913. The number of piperidine rings is 1. The second kappa shape index (κ2) is 10.2. The Morgan fingerprint density at radius 2 is 1.75 bits per heavy atom. The highest BCUT2D eigenvalue weighted by atomic mass is 35.5. The van der Waals surface area contributed by atoms with E-state index in [1.54, 1.807) is 18.2 Å². The van der Waals surface area contributed by atoms with E-state index in [2.05, 4.69) is 0 Å². The molecule has 1 aliphatic heterocycles. The maximum absolute atomic E-state index is 12.5. The van der Waals surface area contributed by atoms with E-state index >= 15 is 0 Å². The van der Waals surface area contributed by atoms with Gasteiger partial charge in [0, 0.05) is 29.7 Å². The molecule has 5 nitrogen and oxygen atoms in total. The minimum Gasteiger partial charge on any atom is -0.378 e. The van der Waals surface area contributed by atoms with Crippen molar-refractivity contribution in [1.29, 1.82) is 0 Å². The molecule has 0 unspecified atom stereocenters. The number of hydrogen-bond donors (Lipinski definition) is 1. The summed E-state index contributed by atoms with van der Waals surface area (Å²) in [6, 6.07) is 4.85. The van der Waals surface area contributed by atoms with Crippen LogP contribution in [0.3, 0.4) is 0 Å². The summed E-state index contributed by atoms with van der Waals surface area (Å²) < 4.78 is 32.3. The number of sulfonamides is 1. The van der Waals surface area contributed by atoms with Crippen molar-refractivity contribution in [2.45, 2.75) is 31.1 Å². The summed E-state index contributed by atoms with van der Waals surface area (Å²) >= 11 is 11.9. The third kappa shape index (κ3) is 6.67. The maximum Gasteiger partial charge on any atom is 0.218 e. The average Bonchev–Trinajstić information content (AvgIpc) is 2.46. The minimum absolute atomic E-state index is 0. The number of halogens is 3. The molecule has 1 saturated heterocycles. The van der Waals surface area contributed by atoms with Crippen molar-refractivity contribution in [1.82, 2.24) is 4.31 Å². The Bertz CT molecular complexity index is 600. The Morgan fingerprint density at radius 1 is 1.17 bits per heavy atom. The van der Waals surface area contributed by atoms with Crippen molar-refractivity contribution in [2.75, 3.05) is 26.2 Å². The summed E-state index contributed by atoms with van der Waals surface area (Å²) in [6.45, 7) is 2.19. The standard InChI is InChI=1S/C15H22Cl2N2O3S.ClH/c16-13-8-12(9-14(17)10-13)11-23(20,21)19-5-2-15(3-6-19)22-7-1-4-18;/h8-10,15H,1-7,11,18H2;1H. The van der Waals surface area contributed by atoms with Crippen LogP contribution < -0.4 is 5.73 Å². The summed E-state index contributed by atoms with van der Waals surface area (Å²) in [5, 5.41) is 0.879. The smallest absolute Gasteiger partial charge is 0.218 e. The molecule has 0 amide bonds. The number of hydrogen-bond acceptors (Lipinski definition) is 4. The van der Waals surface area contributed by atoms with Gasteiger partial charge in [0.15, 0.2) is 0 Å². The van der Waals surface area contributed by atoms with E-state index in [4.69, 9.17) is 33.7 Å². The van der Waals surface area contributed by atoms with Crippen LogP contribution in [-0.4, -0.2) is 45.1 Å². The van der Waals surface area contributed by atoms with E-state index in [0.717, 1.165) is 6.42 Å². The number of benzene rings is 1. The zero-order valence-corrected chi connectivity index (χ0v) is 16.4. The molecule has 1 aromatic rings. The predicted molar refractivity (Wildman–Crippen MR) is 101 cm³/mol. The highest BCUT2D eigenvalue weighted by molar-refractivity contribution is 7.88. The Hall–Kier alpha value is -0.0800. The van der Waals surface area contributed by atoms with Crippen LogP contribution in [0.5, 0.6) is 0 Å². The Balaban J connectivity index is 0.00000288. The van der Waals surface area contributed by atoms with Gasteiger partial charge in [-0.15, -0.1) is 12.4 Å². The molecule has 0 atom stereocenters. The number of rotatable bonds is 7. The molecular weight excluding hydrogens is 395 g/mol. The van der Waals surface area contributed by atoms with Crippen LogP contribution in [-0.2, 0) is 20.5 Å². The third-order valence-electron chi connectivity index (χ3n) is 3.77. The summed E-state index contributed by atoms with van der Waals surface area (Å²) in [7, 11) is -3.38. The van der Waals surface area contributed by atoms with Crippen LogP contribution in [0.15, 0.2) is 18.2 Å². The lowest BCUT2D eigenvalue weighted by Crippen LogP contribution is -2.41. The SMILES string of the molecule is Cl.NCCCOC1CCN(S(=O)(=O)Cc2cc(Cl)cc(Cl)c2)CC1. The quantitative estimate of drug-likeness (QED) is 0.692. The number of ether oxygens (including phenoxy) is 1. The topological polar surface area (TPSA) is 72.6 Å². The molecule has 0 saturated carbocycles. The Morgan fingerprint density at radius 3 is 2.29 bits per heavy atom. The molecule has 1 aliphatic rings. The largest absolute Gasteiger partial charge is 0.378 e. The summed E-state index contributed by atoms with van der Waals surface area (Å²) in [5.41, 5.74) is 6.03. The molecule has 0 aliphatic carbocycles. The molecule has 0 bridgehead atoms. The molecule has 138 valence electrons. The van der Waals surface area contributed by atoms with Crippen molar-refractivity contribution in [3.05, 3.63) is 33.8 Å². The van der Waals surface area contributed by atoms with Gasteiger partial charge in [0.2, 0.25) is 10.0 Å². The first-order chi connectivity index (χ1) is 10.9. The van der Waals surface area contributed by atoms with Crippen LogP contribution in [0, 0.1) is 0 Å². The van der Waals surface area contributed by atoms with Crippen molar-refractivity contribution < 1.29 is 13.2 Å². The van der Waals surface area contributed by atoms with E-state index < -0.39 is 10.0 Å². The molecule has 1 fully saturated rings. The fourth-order valence-corrected chi connectivity index (χ4v) is 4.72. The Labute approximate surface area is 159 Å². The first kappa shape index (κ1) is 22.0. The van der Waals surface area contributed by atoms with Gasteiger partial charge < -0.3 is 10.5 Å². The van der Waals surface area contributed by atoms with Gasteiger partial charge in [0.1, 0.15) is 0 Å². The van der Waals surface area contributed by atoms with E-state index in [1.807, 2.05) is 0 Å². The normalized spacial score (nSPS) is 16.8. The van der Waals surface area contributed by atoms with Crippen LogP contribution >= 0.6 is 35.6 Å². The number of nitrogens with zero attached hydrogens (tertiary/aromatic N) is 1. The van der Waals surface area contributed by atoms with Gasteiger partial charge in [-0.2, -0.15) is 0 Å². The second-order valence-corrected chi connectivity index (χ2v) is 8.49. The van der Waals surface area contributed by atoms with Crippen LogP contribution in [0.1, 0.15) is 24.8 Å². The lowest BCUT2D eigenvalue weighted by atomic mass is 10.1. The fourth-order valence-electron chi connectivity index (χ4n) is 2.61. The van der Waals surface area contributed by atoms with Gasteiger partial charge in [-0.25, -0.2) is 12.7 Å². The third-order valence-corrected chi connectivity index (χ3v) is 6.05. The fraction of sp³-hybridized carbons (Fsp3) is 0.600. The summed E-state index contributed by atoms with van der Waals surface area (Å²) in [4.78, 5) is 0. The van der Waals surface area contributed by atoms with Gasteiger partial charge in [-0.05, 0) is 49.6 Å². The molecule has 9 heteroatoms.